The first kappa shape index (κ1) is 25.4. The Morgan fingerprint density at radius 1 is 0.500 bits per heavy atom. The SMILES string of the molecule is c1ccc(N(c2ccc3c(c2)oc2cccc(-c4nc5ccccc5o4)c23)c2ccc3c(c2)sc2c4ccccc4ccc32)cc1. The zero-order valence-electron chi connectivity index (χ0n) is 24.5. The quantitative estimate of drug-likeness (QED) is 0.199. The number of para-hydroxylation sites is 3. The summed E-state index contributed by atoms with van der Waals surface area (Å²) in [6.45, 7) is 0. The molecule has 0 radical (unpaired) electrons. The number of hydrogen-bond donors (Lipinski definition) is 0. The molecule has 0 fully saturated rings. The van der Waals surface area contributed by atoms with Gasteiger partial charge < -0.3 is 13.7 Å². The van der Waals surface area contributed by atoms with E-state index in [1.165, 1.54) is 30.9 Å². The van der Waals surface area contributed by atoms with Gasteiger partial charge in [0.25, 0.3) is 0 Å². The largest absolute Gasteiger partial charge is 0.456 e. The molecule has 0 atom stereocenters. The molecule has 0 N–H and O–H groups in total. The van der Waals surface area contributed by atoms with E-state index < -0.39 is 0 Å². The third-order valence-electron chi connectivity index (χ3n) is 8.88. The minimum Gasteiger partial charge on any atom is -0.456 e. The molecule has 3 aromatic heterocycles. The monoisotopic (exact) mass is 608 g/mol. The predicted molar refractivity (Wildman–Crippen MR) is 192 cm³/mol. The molecule has 0 bridgehead atoms. The van der Waals surface area contributed by atoms with Crippen LogP contribution in [0.25, 0.3) is 75.4 Å². The van der Waals surface area contributed by atoms with Crippen molar-refractivity contribution in [2.24, 2.45) is 0 Å². The number of nitrogens with zero attached hydrogens (tertiary/aromatic N) is 2. The molecule has 4 nitrogen and oxygen atoms in total. The highest BCUT2D eigenvalue weighted by atomic mass is 32.1. The molecule has 5 heteroatoms. The van der Waals surface area contributed by atoms with Crippen LogP contribution < -0.4 is 4.90 Å². The van der Waals surface area contributed by atoms with Gasteiger partial charge in [-0.05, 0) is 71.4 Å². The summed E-state index contributed by atoms with van der Waals surface area (Å²) in [5.74, 6) is 0.592. The Morgan fingerprint density at radius 2 is 1.26 bits per heavy atom. The lowest BCUT2D eigenvalue weighted by Gasteiger charge is -2.25. The lowest BCUT2D eigenvalue weighted by molar-refractivity contribution is 0.620. The van der Waals surface area contributed by atoms with E-state index >= 15 is 0 Å². The molecule has 7 aromatic carbocycles. The fourth-order valence-corrected chi connectivity index (χ4v) is 8.05. The van der Waals surface area contributed by atoms with Crippen molar-refractivity contribution in [2.75, 3.05) is 4.90 Å². The molecule has 0 saturated carbocycles. The summed E-state index contributed by atoms with van der Waals surface area (Å²) in [4.78, 5) is 7.09. The molecule has 10 aromatic rings. The minimum absolute atomic E-state index is 0.592. The zero-order chi connectivity index (χ0) is 30.2. The smallest absolute Gasteiger partial charge is 0.228 e. The van der Waals surface area contributed by atoms with Gasteiger partial charge in [0, 0.05) is 59.6 Å². The minimum atomic E-state index is 0.592. The molecular weight excluding hydrogens is 585 g/mol. The van der Waals surface area contributed by atoms with Gasteiger partial charge in [0.1, 0.15) is 16.7 Å². The standard InChI is InChI=1S/C41H24N2O2S/c1-2-10-26(11-3-1)43(28-18-21-30-31-20-17-25-9-4-5-12-29(25)40(31)46-38(30)24-28)27-19-22-32-37(23-27)44-36-16-8-13-33(39(32)36)41-42-34-14-6-7-15-35(34)45-41/h1-24H. The maximum absolute atomic E-state index is 6.51. The van der Waals surface area contributed by atoms with Crippen LogP contribution in [0.15, 0.2) is 154 Å². The van der Waals surface area contributed by atoms with Gasteiger partial charge in [0.15, 0.2) is 5.58 Å². The zero-order valence-corrected chi connectivity index (χ0v) is 25.3. The highest BCUT2D eigenvalue weighted by Gasteiger charge is 2.20. The van der Waals surface area contributed by atoms with Crippen molar-refractivity contribution in [3.8, 4) is 11.5 Å². The van der Waals surface area contributed by atoms with Gasteiger partial charge in [-0.15, -0.1) is 11.3 Å². The number of thiophene rings is 1. The van der Waals surface area contributed by atoms with Crippen LogP contribution in [0.2, 0.25) is 0 Å². The Morgan fingerprint density at radius 3 is 2.17 bits per heavy atom. The van der Waals surface area contributed by atoms with Gasteiger partial charge in [0.2, 0.25) is 5.89 Å². The van der Waals surface area contributed by atoms with E-state index in [2.05, 4.69) is 114 Å². The van der Waals surface area contributed by atoms with Crippen LogP contribution in [0.5, 0.6) is 0 Å². The lowest BCUT2D eigenvalue weighted by atomic mass is 10.0. The van der Waals surface area contributed by atoms with Crippen LogP contribution in [-0.4, -0.2) is 4.98 Å². The third-order valence-corrected chi connectivity index (χ3v) is 10.1. The number of furan rings is 1. The summed E-state index contributed by atoms with van der Waals surface area (Å²) in [7, 11) is 0. The average molecular weight is 609 g/mol. The van der Waals surface area contributed by atoms with Crippen LogP contribution in [-0.2, 0) is 0 Å². The molecule has 10 rings (SSSR count). The Bertz CT molecular complexity index is 2740. The first-order valence-corrected chi connectivity index (χ1v) is 16.1. The fraction of sp³-hybridized carbons (Fsp3) is 0. The highest BCUT2D eigenvalue weighted by molar-refractivity contribution is 7.26. The maximum Gasteiger partial charge on any atom is 0.228 e. The van der Waals surface area contributed by atoms with Crippen molar-refractivity contribution in [3.63, 3.8) is 0 Å². The first-order chi connectivity index (χ1) is 22.8. The molecule has 0 aliphatic rings. The fourth-order valence-electron chi connectivity index (χ4n) is 6.78. The van der Waals surface area contributed by atoms with Gasteiger partial charge in [-0.2, -0.15) is 0 Å². The summed E-state index contributed by atoms with van der Waals surface area (Å²) in [5.41, 5.74) is 7.34. The molecule has 0 amide bonds. The molecule has 3 heterocycles. The number of hydrogen-bond acceptors (Lipinski definition) is 5. The van der Waals surface area contributed by atoms with E-state index in [4.69, 9.17) is 13.8 Å². The van der Waals surface area contributed by atoms with Crippen LogP contribution in [0.1, 0.15) is 0 Å². The molecule has 0 saturated heterocycles. The average Bonchev–Trinajstić information content (AvgIpc) is 3.81. The van der Waals surface area contributed by atoms with Crippen LogP contribution in [0, 0.1) is 0 Å². The number of aromatic nitrogens is 1. The normalized spacial score (nSPS) is 11.9. The number of rotatable bonds is 4. The second-order valence-corrected chi connectivity index (χ2v) is 12.6. The van der Waals surface area contributed by atoms with E-state index in [0.717, 1.165) is 55.7 Å². The second kappa shape index (κ2) is 9.80. The Hall–Kier alpha value is -5.91. The van der Waals surface area contributed by atoms with Crippen molar-refractivity contribution in [2.45, 2.75) is 0 Å². The Labute approximate surface area is 267 Å². The number of fused-ring (bicyclic) bond motifs is 9. The van der Waals surface area contributed by atoms with E-state index in [-0.39, 0.29) is 0 Å². The first-order valence-electron chi connectivity index (χ1n) is 15.3. The summed E-state index contributed by atoms with van der Waals surface area (Å²) >= 11 is 1.86. The molecule has 0 aliphatic carbocycles. The van der Waals surface area contributed by atoms with Crippen molar-refractivity contribution in [1.29, 1.82) is 0 Å². The summed E-state index contributed by atoms with van der Waals surface area (Å²) in [5, 5.41) is 7.18. The van der Waals surface area contributed by atoms with E-state index in [1.54, 1.807) is 0 Å². The van der Waals surface area contributed by atoms with Crippen molar-refractivity contribution in [1.82, 2.24) is 4.98 Å². The van der Waals surface area contributed by atoms with Gasteiger partial charge in [0.05, 0.1) is 0 Å². The number of benzene rings is 7. The predicted octanol–water partition coefficient (Wildman–Crippen LogP) is 12.4. The Kier molecular flexibility index (Phi) is 5.41. The third kappa shape index (κ3) is 3.82. The van der Waals surface area contributed by atoms with Crippen LogP contribution >= 0.6 is 11.3 Å². The molecule has 0 spiro atoms. The summed E-state index contributed by atoms with van der Waals surface area (Å²) < 4.78 is 15.3. The Balaban J connectivity index is 1.15. The molecule has 0 aliphatic heterocycles. The number of oxazole rings is 1. The van der Waals surface area contributed by atoms with Crippen molar-refractivity contribution >= 4 is 92.4 Å². The van der Waals surface area contributed by atoms with E-state index in [0.29, 0.717) is 5.89 Å². The molecular formula is C41H24N2O2S. The van der Waals surface area contributed by atoms with Crippen LogP contribution in [0.3, 0.4) is 0 Å². The molecule has 216 valence electrons. The lowest BCUT2D eigenvalue weighted by Crippen LogP contribution is -2.09. The van der Waals surface area contributed by atoms with E-state index in [1.807, 2.05) is 47.7 Å². The summed E-state index contributed by atoms with van der Waals surface area (Å²) in [6.07, 6.45) is 0. The maximum atomic E-state index is 6.51. The second-order valence-electron chi connectivity index (χ2n) is 11.6. The topological polar surface area (TPSA) is 42.4 Å². The molecule has 46 heavy (non-hydrogen) atoms. The number of anilines is 3. The van der Waals surface area contributed by atoms with E-state index in [9.17, 15) is 0 Å². The van der Waals surface area contributed by atoms with Crippen molar-refractivity contribution < 1.29 is 8.83 Å². The molecule has 0 unspecified atom stereocenters. The van der Waals surface area contributed by atoms with Gasteiger partial charge >= 0.3 is 0 Å². The van der Waals surface area contributed by atoms with Gasteiger partial charge in [-0.1, -0.05) is 78.9 Å². The summed E-state index contributed by atoms with van der Waals surface area (Å²) in [6, 6.07) is 50.8. The highest BCUT2D eigenvalue weighted by Crippen LogP contribution is 2.44. The van der Waals surface area contributed by atoms with Gasteiger partial charge in [-0.3, -0.25) is 0 Å². The van der Waals surface area contributed by atoms with Gasteiger partial charge in [-0.25, -0.2) is 4.98 Å². The van der Waals surface area contributed by atoms with Crippen LogP contribution in [0.4, 0.5) is 17.1 Å². The van der Waals surface area contributed by atoms with Crippen molar-refractivity contribution in [3.05, 3.63) is 146 Å².